The van der Waals surface area contributed by atoms with E-state index in [-0.39, 0.29) is 19.4 Å². The van der Waals surface area contributed by atoms with Gasteiger partial charge in [0.05, 0.1) is 13.1 Å². The third-order valence-corrected chi connectivity index (χ3v) is 7.23. The number of aromatic amines is 1. The molecule has 3 heterocycles. The second-order valence-corrected chi connectivity index (χ2v) is 10.2. The lowest BCUT2D eigenvalue weighted by atomic mass is 10.0. The zero-order valence-electron chi connectivity index (χ0n) is 22.7. The van der Waals surface area contributed by atoms with E-state index in [0.717, 1.165) is 21.4 Å². The Kier molecular flexibility index (Phi) is 8.18. The summed E-state index contributed by atoms with van der Waals surface area (Å²) in [6, 6.07) is 12.7. The van der Waals surface area contributed by atoms with Crippen LogP contribution in [0.25, 0.3) is 10.9 Å². The molecule has 218 valence electrons. The number of amides is 6. The fourth-order valence-electron chi connectivity index (χ4n) is 5.01. The summed E-state index contributed by atoms with van der Waals surface area (Å²) in [6.45, 7) is 0.597. The minimum Gasteiger partial charge on any atom is -0.434 e. The first kappa shape index (κ1) is 28.3. The SMILES string of the molecule is C[C@@H]1NC(=O)[C@H](Cc2ccccc2)N2C(=O)O[C@H](CNC(=O)[C@H](Cc3c[nH]c4ccccc34)NC(=O)CNC1=O)C2=O. The molecule has 2 aliphatic rings. The van der Waals surface area contributed by atoms with E-state index < -0.39 is 66.4 Å². The predicted molar refractivity (Wildman–Crippen MR) is 149 cm³/mol. The number of aromatic nitrogens is 1. The molecule has 3 aromatic rings. The van der Waals surface area contributed by atoms with Crippen LogP contribution in [0.5, 0.6) is 0 Å². The second kappa shape index (κ2) is 12.1. The van der Waals surface area contributed by atoms with Crippen LogP contribution in [0.3, 0.4) is 0 Å². The molecule has 2 aromatic carbocycles. The highest BCUT2D eigenvalue weighted by molar-refractivity contribution is 6.05. The molecule has 0 radical (unpaired) electrons. The zero-order valence-corrected chi connectivity index (χ0v) is 22.7. The molecule has 0 aliphatic carbocycles. The van der Waals surface area contributed by atoms with Crippen molar-refractivity contribution in [1.82, 2.24) is 31.2 Å². The van der Waals surface area contributed by atoms with Crippen molar-refractivity contribution in [2.75, 3.05) is 13.1 Å². The standard InChI is InChI=1S/C29H30N6O7/c1-16-25(37)32-15-24(36)34-21(12-18-13-30-20-10-6-5-9-19(18)20)26(38)31-14-23-28(40)35(29(41)42-23)22(27(39)33-16)11-17-7-3-2-4-8-17/h2-10,13,16,21-23,30H,11-12,14-15H2,1H3,(H,31,38)(H,32,37)(H,33,39)(H,34,36)/t16-,21-,22-,23+/m0/s1. The van der Waals surface area contributed by atoms with Gasteiger partial charge < -0.3 is 31.0 Å². The van der Waals surface area contributed by atoms with Gasteiger partial charge in [-0.15, -0.1) is 0 Å². The van der Waals surface area contributed by atoms with Gasteiger partial charge >= 0.3 is 6.09 Å². The van der Waals surface area contributed by atoms with Crippen molar-refractivity contribution < 1.29 is 33.5 Å². The summed E-state index contributed by atoms with van der Waals surface area (Å²) in [7, 11) is 0. The number of hydrogen-bond acceptors (Lipinski definition) is 7. The number of nitrogens with one attached hydrogen (secondary N) is 5. The number of carbonyl (C=O) groups is 6. The summed E-state index contributed by atoms with van der Waals surface area (Å²) >= 11 is 0. The lowest BCUT2D eigenvalue weighted by Crippen LogP contribution is -2.57. The number of para-hydroxylation sites is 1. The third-order valence-electron chi connectivity index (χ3n) is 7.23. The maximum atomic E-state index is 13.3. The largest absolute Gasteiger partial charge is 0.434 e. The van der Waals surface area contributed by atoms with E-state index in [2.05, 4.69) is 26.3 Å². The van der Waals surface area contributed by atoms with Crippen molar-refractivity contribution in [3.63, 3.8) is 0 Å². The van der Waals surface area contributed by atoms with Crippen molar-refractivity contribution >= 4 is 46.5 Å². The first-order valence-electron chi connectivity index (χ1n) is 13.5. The van der Waals surface area contributed by atoms with E-state index in [4.69, 9.17) is 4.74 Å². The number of nitrogens with zero attached hydrogens (tertiary/aromatic N) is 1. The van der Waals surface area contributed by atoms with E-state index in [9.17, 15) is 28.8 Å². The quantitative estimate of drug-likeness (QED) is 0.289. The Labute approximate surface area is 240 Å². The highest BCUT2D eigenvalue weighted by Crippen LogP contribution is 2.21. The topological polar surface area (TPSA) is 179 Å². The molecule has 2 aliphatic heterocycles. The molecule has 0 unspecified atom stereocenters. The van der Waals surface area contributed by atoms with Crippen molar-refractivity contribution in [1.29, 1.82) is 0 Å². The fraction of sp³-hybridized carbons (Fsp3) is 0.310. The molecule has 42 heavy (non-hydrogen) atoms. The highest BCUT2D eigenvalue weighted by Gasteiger charge is 2.47. The molecule has 13 heteroatoms. The lowest BCUT2D eigenvalue weighted by Gasteiger charge is -2.25. The van der Waals surface area contributed by atoms with Gasteiger partial charge in [-0.2, -0.15) is 0 Å². The summed E-state index contributed by atoms with van der Waals surface area (Å²) in [4.78, 5) is 82.2. The number of rotatable bonds is 4. The molecule has 2 saturated heterocycles. The first-order chi connectivity index (χ1) is 20.2. The number of fused-ring (bicyclic) bond motifs is 3. The Morgan fingerprint density at radius 2 is 1.57 bits per heavy atom. The molecule has 1 aromatic heterocycles. The summed E-state index contributed by atoms with van der Waals surface area (Å²) in [5.41, 5.74) is 2.28. The van der Waals surface area contributed by atoms with Gasteiger partial charge in [0.15, 0.2) is 6.10 Å². The second-order valence-electron chi connectivity index (χ2n) is 10.2. The predicted octanol–water partition coefficient (Wildman–Crippen LogP) is -0.0954. The van der Waals surface area contributed by atoms with Gasteiger partial charge in [0.2, 0.25) is 23.6 Å². The molecular formula is C29H30N6O7. The van der Waals surface area contributed by atoms with E-state index in [0.29, 0.717) is 5.56 Å². The van der Waals surface area contributed by atoms with Crippen LogP contribution in [0.2, 0.25) is 0 Å². The lowest BCUT2D eigenvalue weighted by molar-refractivity contribution is -0.138. The Hall–Kier alpha value is -5.20. The Morgan fingerprint density at radius 3 is 2.36 bits per heavy atom. The molecule has 0 spiro atoms. The molecule has 2 fully saturated rings. The molecule has 13 nitrogen and oxygen atoms in total. The zero-order chi connectivity index (χ0) is 29.8. The van der Waals surface area contributed by atoms with Gasteiger partial charge in [-0.25, -0.2) is 9.69 Å². The molecule has 2 bridgehead atoms. The van der Waals surface area contributed by atoms with E-state index >= 15 is 0 Å². The monoisotopic (exact) mass is 574 g/mol. The van der Waals surface area contributed by atoms with Gasteiger partial charge in [0.1, 0.15) is 18.1 Å². The van der Waals surface area contributed by atoms with Gasteiger partial charge in [-0.3, -0.25) is 24.0 Å². The van der Waals surface area contributed by atoms with Crippen molar-refractivity contribution in [3.8, 4) is 0 Å². The number of imide groups is 1. The molecule has 5 rings (SSSR count). The smallest absolute Gasteiger partial charge is 0.418 e. The maximum Gasteiger partial charge on any atom is 0.418 e. The fourth-order valence-corrected chi connectivity index (χ4v) is 5.01. The van der Waals surface area contributed by atoms with Crippen LogP contribution in [0.15, 0.2) is 60.8 Å². The molecule has 5 N–H and O–H groups in total. The van der Waals surface area contributed by atoms with Gasteiger partial charge in [-0.1, -0.05) is 48.5 Å². The Morgan fingerprint density at radius 1 is 0.833 bits per heavy atom. The van der Waals surface area contributed by atoms with Crippen LogP contribution in [0.1, 0.15) is 18.1 Å². The summed E-state index contributed by atoms with van der Waals surface area (Å²) in [6.07, 6.45) is -0.616. The van der Waals surface area contributed by atoms with Crippen LogP contribution < -0.4 is 21.3 Å². The van der Waals surface area contributed by atoms with E-state index in [1.54, 1.807) is 36.5 Å². The minimum absolute atomic E-state index is 0.0317. The third kappa shape index (κ3) is 6.09. The van der Waals surface area contributed by atoms with Crippen molar-refractivity contribution in [3.05, 3.63) is 71.9 Å². The maximum absolute atomic E-state index is 13.3. The van der Waals surface area contributed by atoms with Crippen LogP contribution in [0.4, 0.5) is 4.79 Å². The van der Waals surface area contributed by atoms with E-state index in [1.807, 2.05) is 24.3 Å². The minimum atomic E-state index is -1.38. The average molecular weight is 575 g/mol. The van der Waals surface area contributed by atoms with Gasteiger partial charge in [0.25, 0.3) is 5.91 Å². The van der Waals surface area contributed by atoms with Crippen molar-refractivity contribution in [2.24, 2.45) is 0 Å². The number of ether oxygens (including phenoxy) is 1. The highest BCUT2D eigenvalue weighted by atomic mass is 16.6. The normalized spacial score (nSPS) is 24.1. The van der Waals surface area contributed by atoms with Crippen LogP contribution in [-0.2, 0) is 41.6 Å². The average Bonchev–Trinajstić information content (AvgIpc) is 3.52. The van der Waals surface area contributed by atoms with E-state index in [1.165, 1.54) is 6.92 Å². The number of benzene rings is 2. The first-order valence-corrected chi connectivity index (χ1v) is 13.5. The molecule has 4 atom stereocenters. The molecule has 6 amide bonds. The number of H-pyrrole nitrogens is 1. The summed E-state index contributed by atoms with van der Waals surface area (Å²) in [5.74, 6) is -3.49. The van der Waals surface area contributed by atoms with Crippen LogP contribution in [-0.4, -0.2) is 82.8 Å². The number of hydrogen-bond donors (Lipinski definition) is 5. The Bertz CT molecular complexity index is 1540. The van der Waals surface area contributed by atoms with Gasteiger partial charge in [0, 0.05) is 29.9 Å². The summed E-state index contributed by atoms with van der Waals surface area (Å²) < 4.78 is 5.27. The van der Waals surface area contributed by atoms with Gasteiger partial charge in [-0.05, 0) is 24.1 Å². The van der Waals surface area contributed by atoms with Crippen LogP contribution in [0, 0.1) is 0 Å². The summed E-state index contributed by atoms with van der Waals surface area (Å²) in [5, 5.41) is 11.1. The van der Waals surface area contributed by atoms with Crippen molar-refractivity contribution in [2.45, 2.75) is 44.0 Å². The molecule has 0 saturated carbocycles. The number of carbonyl (C=O) groups excluding carboxylic acids is 6. The van der Waals surface area contributed by atoms with Crippen LogP contribution >= 0.6 is 0 Å². The Balaban J connectivity index is 1.41. The molecular weight excluding hydrogens is 544 g/mol.